The highest BCUT2D eigenvalue weighted by Crippen LogP contribution is 2.33. The van der Waals surface area contributed by atoms with Crippen molar-refractivity contribution in [3.63, 3.8) is 0 Å². The summed E-state index contributed by atoms with van der Waals surface area (Å²) in [5, 5.41) is 10.9. The van der Waals surface area contributed by atoms with Gasteiger partial charge in [-0.05, 0) is 23.8 Å². The zero-order chi connectivity index (χ0) is 17.7. The van der Waals surface area contributed by atoms with Gasteiger partial charge in [0, 0.05) is 5.69 Å². The molecule has 0 radical (unpaired) electrons. The molecule has 0 unspecified atom stereocenters. The standard InChI is InChI=1S/C16H12F3NO4/c17-16(18,19)13-8-11(6-7-12(13)14(21)22)20-15(23)24-9-10-4-2-1-3-5-10/h1-8H,9H2,(H,20,23)(H,21,22). The zero-order valence-corrected chi connectivity index (χ0v) is 12.1. The number of carbonyl (C=O) groups is 2. The Morgan fingerprint density at radius 2 is 1.75 bits per heavy atom. The normalized spacial score (nSPS) is 11.0. The van der Waals surface area contributed by atoms with Crippen LogP contribution in [0.1, 0.15) is 21.5 Å². The van der Waals surface area contributed by atoms with Gasteiger partial charge >= 0.3 is 18.2 Å². The highest BCUT2D eigenvalue weighted by molar-refractivity contribution is 5.91. The molecule has 2 rings (SSSR count). The Morgan fingerprint density at radius 3 is 2.33 bits per heavy atom. The summed E-state index contributed by atoms with van der Waals surface area (Å²) in [6, 6.07) is 11.1. The molecule has 126 valence electrons. The third-order valence-electron chi connectivity index (χ3n) is 3.01. The molecule has 0 aliphatic rings. The van der Waals surface area contributed by atoms with E-state index in [9.17, 15) is 22.8 Å². The molecule has 0 saturated carbocycles. The lowest BCUT2D eigenvalue weighted by Crippen LogP contribution is -2.16. The van der Waals surface area contributed by atoms with E-state index >= 15 is 0 Å². The Kier molecular flexibility index (Phi) is 5.08. The van der Waals surface area contributed by atoms with Crippen LogP contribution in [0.3, 0.4) is 0 Å². The number of anilines is 1. The molecular weight excluding hydrogens is 327 g/mol. The van der Waals surface area contributed by atoms with Crippen molar-refractivity contribution < 1.29 is 32.6 Å². The highest BCUT2D eigenvalue weighted by atomic mass is 19.4. The van der Waals surface area contributed by atoms with E-state index in [1.807, 2.05) is 0 Å². The lowest BCUT2D eigenvalue weighted by atomic mass is 10.1. The average molecular weight is 339 g/mol. The number of ether oxygens (including phenoxy) is 1. The molecule has 0 saturated heterocycles. The number of hydrogen-bond donors (Lipinski definition) is 2. The number of nitrogens with one attached hydrogen (secondary N) is 1. The van der Waals surface area contributed by atoms with E-state index in [1.54, 1.807) is 30.3 Å². The minimum absolute atomic E-state index is 0.0496. The largest absolute Gasteiger partial charge is 0.478 e. The second kappa shape index (κ2) is 7.03. The van der Waals surface area contributed by atoms with Crippen LogP contribution in [0.5, 0.6) is 0 Å². The minimum Gasteiger partial charge on any atom is -0.478 e. The summed E-state index contributed by atoms with van der Waals surface area (Å²) in [4.78, 5) is 22.5. The monoisotopic (exact) mass is 339 g/mol. The number of halogens is 3. The van der Waals surface area contributed by atoms with Crippen LogP contribution in [0.4, 0.5) is 23.7 Å². The van der Waals surface area contributed by atoms with E-state index in [-0.39, 0.29) is 12.3 Å². The Hall–Kier alpha value is -3.03. The smallest absolute Gasteiger partial charge is 0.417 e. The quantitative estimate of drug-likeness (QED) is 0.877. The number of alkyl halides is 3. The molecule has 0 aliphatic carbocycles. The molecule has 0 spiro atoms. The van der Waals surface area contributed by atoms with E-state index in [2.05, 4.69) is 5.32 Å². The predicted octanol–water partition coefficient (Wildman–Crippen LogP) is 4.15. The van der Waals surface area contributed by atoms with Crippen molar-refractivity contribution in [2.24, 2.45) is 0 Å². The number of aromatic carboxylic acids is 1. The lowest BCUT2D eigenvalue weighted by Gasteiger charge is -2.13. The van der Waals surface area contributed by atoms with Crippen molar-refractivity contribution in [2.75, 3.05) is 5.32 Å². The van der Waals surface area contributed by atoms with Crippen LogP contribution >= 0.6 is 0 Å². The first kappa shape index (κ1) is 17.3. The summed E-state index contributed by atoms with van der Waals surface area (Å²) < 4.78 is 43.6. The SMILES string of the molecule is O=C(Nc1ccc(C(=O)O)c(C(F)(F)F)c1)OCc1ccccc1. The number of hydrogen-bond acceptors (Lipinski definition) is 3. The molecule has 2 aromatic rings. The molecule has 5 nitrogen and oxygen atoms in total. The van der Waals surface area contributed by atoms with Gasteiger partial charge in [-0.1, -0.05) is 30.3 Å². The van der Waals surface area contributed by atoms with Crippen LogP contribution in [0.2, 0.25) is 0 Å². The fraction of sp³-hybridized carbons (Fsp3) is 0.125. The van der Waals surface area contributed by atoms with Crippen LogP contribution in [-0.4, -0.2) is 17.2 Å². The Labute approximate surface area is 134 Å². The van der Waals surface area contributed by atoms with Crippen LogP contribution in [-0.2, 0) is 17.5 Å². The molecule has 24 heavy (non-hydrogen) atoms. The molecule has 0 bridgehead atoms. The van der Waals surface area contributed by atoms with Gasteiger partial charge in [0.2, 0.25) is 0 Å². The summed E-state index contributed by atoms with van der Waals surface area (Å²) >= 11 is 0. The first-order valence-corrected chi connectivity index (χ1v) is 6.69. The molecule has 0 aromatic heterocycles. The molecule has 2 aromatic carbocycles. The number of carbonyl (C=O) groups excluding carboxylic acids is 1. The number of benzene rings is 2. The van der Waals surface area contributed by atoms with Crippen LogP contribution in [0.25, 0.3) is 0 Å². The molecule has 0 aliphatic heterocycles. The maximum absolute atomic E-state index is 12.9. The van der Waals surface area contributed by atoms with Gasteiger partial charge in [0.1, 0.15) is 6.61 Å². The summed E-state index contributed by atoms with van der Waals surface area (Å²) in [6.07, 6.45) is -5.81. The van der Waals surface area contributed by atoms with Gasteiger partial charge in [-0.25, -0.2) is 9.59 Å². The van der Waals surface area contributed by atoms with Gasteiger partial charge < -0.3 is 9.84 Å². The van der Waals surface area contributed by atoms with E-state index in [1.165, 1.54) is 0 Å². The maximum Gasteiger partial charge on any atom is 0.417 e. The topological polar surface area (TPSA) is 75.6 Å². The van der Waals surface area contributed by atoms with Crippen molar-refractivity contribution >= 4 is 17.7 Å². The third kappa shape index (κ3) is 4.48. The number of carboxylic acids is 1. The Balaban J connectivity index is 2.09. The van der Waals surface area contributed by atoms with Gasteiger partial charge in [-0.2, -0.15) is 13.2 Å². The van der Waals surface area contributed by atoms with Gasteiger partial charge in [-0.15, -0.1) is 0 Å². The van der Waals surface area contributed by atoms with Crippen molar-refractivity contribution in [1.29, 1.82) is 0 Å². The number of rotatable bonds is 4. The van der Waals surface area contributed by atoms with Crippen molar-refractivity contribution in [2.45, 2.75) is 12.8 Å². The van der Waals surface area contributed by atoms with E-state index < -0.39 is 29.4 Å². The molecule has 0 heterocycles. The summed E-state index contributed by atoms with van der Waals surface area (Å²) in [5.41, 5.74) is -1.75. The first-order chi connectivity index (χ1) is 11.3. The van der Waals surface area contributed by atoms with Crippen LogP contribution in [0, 0.1) is 0 Å². The second-order valence-corrected chi connectivity index (χ2v) is 4.75. The zero-order valence-electron chi connectivity index (χ0n) is 12.1. The molecule has 8 heteroatoms. The summed E-state index contributed by atoms with van der Waals surface area (Å²) in [7, 11) is 0. The Bertz CT molecular complexity index is 745. The molecular formula is C16H12F3NO4. The summed E-state index contributed by atoms with van der Waals surface area (Å²) in [5.74, 6) is -1.71. The lowest BCUT2D eigenvalue weighted by molar-refractivity contribution is -0.138. The van der Waals surface area contributed by atoms with Crippen molar-refractivity contribution in [3.8, 4) is 0 Å². The fourth-order valence-electron chi connectivity index (χ4n) is 1.92. The second-order valence-electron chi connectivity index (χ2n) is 4.75. The van der Waals surface area contributed by atoms with Crippen LogP contribution < -0.4 is 5.32 Å². The van der Waals surface area contributed by atoms with Gasteiger partial charge in [0.25, 0.3) is 0 Å². The molecule has 0 atom stereocenters. The van der Waals surface area contributed by atoms with Gasteiger partial charge in [0.05, 0.1) is 11.1 Å². The number of amides is 1. The summed E-state index contributed by atoms with van der Waals surface area (Å²) in [6.45, 7) is -0.0496. The maximum atomic E-state index is 12.9. The minimum atomic E-state index is -4.86. The third-order valence-corrected chi connectivity index (χ3v) is 3.01. The first-order valence-electron chi connectivity index (χ1n) is 6.69. The predicted molar refractivity (Wildman–Crippen MR) is 78.7 cm³/mol. The van der Waals surface area contributed by atoms with E-state index in [0.717, 1.165) is 12.1 Å². The highest BCUT2D eigenvalue weighted by Gasteiger charge is 2.35. The van der Waals surface area contributed by atoms with E-state index in [0.29, 0.717) is 11.6 Å². The Morgan fingerprint density at radius 1 is 1.08 bits per heavy atom. The fourth-order valence-corrected chi connectivity index (χ4v) is 1.92. The average Bonchev–Trinajstić information content (AvgIpc) is 2.53. The molecule has 1 amide bonds. The van der Waals surface area contributed by atoms with E-state index in [4.69, 9.17) is 9.84 Å². The molecule has 0 fully saturated rings. The van der Waals surface area contributed by atoms with Gasteiger partial charge in [-0.3, -0.25) is 5.32 Å². The van der Waals surface area contributed by atoms with Crippen molar-refractivity contribution in [3.05, 3.63) is 65.2 Å². The van der Waals surface area contributed by atoms with Gasteiger partial charge in [0.15, 0.2) is 0 Å². The van der Waals surface area contributed by atoms with Crippen LogP contribution in [0.15, 0.2) is 48.5 Å². The number of carboxylic acid groups (broad SMARTS) is 1. The van der Waals surface area contributed by atoms with Crippen molar-refractivity contribution in [1.82, 2.24) is 0 Å². The molecule has 2 N–H and O–H groups in total.